The topological polar surface area (TPSA) is 29.5 Å². The molecule has 2 aliphatic carbocycles. The van der Waals surface area contributed by atoms with Gasteiger partial charge in [-0.05, 0) is 30.9 Å². The second kappa shape index (κ2) is 5.86. The first kappa shape index (κ1) is 15.4. The van der Waals surface area contributed by atoms with Gasteiger partial charge < -0.3 is 0 Å². The van der Waals surface area contributed by atoms with Gasteiger partial charge in [-0.2, -0.15) is 0 Å². The second-order valence-electron chi connectivity index (χ2n) is 7.40. The first-order chi connectivity index (χ1) is 12.2. The number of ketones is 1. The molecule has 0 unspecified atom stereocenters. The molecule has 1 saturated heterocycles. The minimum atomic E-state index is -0.269. The van der Waals surface area contributed by atoms with Crippen molar-refractivity contribution in [2.45, 2.75) is 30.4 Å². The highest BCUT2D eigenvalue weighted by molar-refractivity contribution is 6.21. The van der Waals surface area contributed by atoms with Crippen LogP contribution < -0.4 is 5.06 Å². The van der Waals surface area contributed by atoms with Crippen molar-refractivity contribution in [3.05, 3.63) is 66.2 Å². The minimum absolute atomic E-state index is 0.0547. The number of fused-ring (bicyclic) bond motifs is 5. The Labute approximate surface area is 152 Å². The summed E-state index contributed by atoms with van der Waals surface area (Å²) >= 11 is 6.53. The highest BCUT2D eigenvalue weighted by Gasteiger charge is 2.62. The Morgan fingerprint density at radius 3 is 2.40 bits per heavy atom. The first-order valence-electron chi connectivity index (χ1n) is 8.98. The maximum Gasteiger partial charge on any atom is 0.188 e. The van der Waals surface area contributed by atoms with Crippen molar-refractivity contribution in [3.63, 3.8) is 0 Å². The van der Waals surface area contributed by atoms with Gasteiger partial charge in [0.15, 0.2) is 5.78 Å². The van der Waals surface area contributed by atoms with Crippen LogP contribution in [-0.2, 0) is 4.84 Å². The van der Waals surface area contributed by atoms with Crippen LogP contribution in [0.4, 0.5) is 5.69 Å². The van der Waals surface area contributed by atoms with E-state index in [0.717, 1.165) is 24.1 Å². The summed E-state index contributed by atoms with van der Waals surface area (Å²) in [6.07, 6.45) is 2.14. The standard InChI is InChI=1S/C21H20ClNO2/c22-17-12-14-11-16(17)21-18(14)19(20(24)13-7-3-1-4-8-13)23(25-21)15-9-5-2-6-10-15/h1-10,14,16-19,21H,11-12H2/t14-,16+,17-,18+,19-,21+/m0/s1. The SMILES string of the molecule is O=C(c1ccccc1)[C@@H]1[C@H]2[C@H]3C[C@@H]([C@H]2ON1c1ccccc1)[C@@H](Cl)C3. The summed E-state index contributed by atoms with van der Waals surface area (Å²) < 4.78 is 0. The Hall–Kier alpha value is -1.84. The van der Waals surface area contributed by atoms with Crippen molar-refractivity contribution in [1.29, 1.82) is 0 Å². The van der Waals surface area contributed by atoms with Crippen LogP contribution in [-0.4, -0.2) is 23.3 Å². The van der Waals surface area contributed by atoms with Crippen LogP contribution in [0.25, 0.3) is 0 Å². The van der Waals surface area contributed by atoms with Gasteiger partial charge in [-0.3, -0.25) is 9.63 Å². The molecule has 2 aromatic rings. The van der Waals surface area contributed by atoms with E-state index in [0.29, 0.717) is 11.8 Å². The molecule has 25 heavy (non-hydrogen) atoms. The van der Waals surface area contributed by atoms with Crippen LogP contribution in [0.5, 0.6) is 0 Å². The fourth-order valence-electron chi connectivity index (χ4n) is 5.06. The first-order valence-corrected chi connectivity index (χ1v) is 9.42. The third-order valence-corrected chi connectivity index (χ3v) is 6.61. The summed E-state index contributed by atoms with van der Waals surface area (Å²) in [5.74, 6) is 1.21. The van der Waals surface area contributed by atoms with Gasteiger partial charge in [0.2, 0.25) is 0 Å². The molecule has 0 amide bonds. The van der Waals surface area contributed by atoms with E-state index in [1.165, 1.54) is 0 Å². The van der Waals surface area contributed by atoms with Crippen LogP contribution in [0.15, 0.2) is 60.7 Å². The lowest BCUT2D eigenvalue weighted by Gasteiger charge is -2.28. The summed E-state index contributed by atoms with van der Waals surface area (Å²) in [4.78, 5) is 19.7. The lowest BCUT2D eigenvalue weighted by Crippen LogP contribution is -2.42. The molecule has 0 radical (unpaired) electrons. The zero-order chi connectivity index (χ0) is 17.0. The summed E-state index contributed by atoms with van der Waals surface area (Å²) in [7, 11) is 0. The molecule has 2 bridgehead atoms. The van der Waals surface area contributed by atoms with Crippen LogP contribution in [0.2, 0.25) is 0 Å². The van der Waals surface area contributed by atoms with E-state index in [1.807, 2.05) is 65.7 Å². The van der Waals surface area contributed by atoms with Gasteiger partial charge in [0.05, 0.1) is 11.8 Å². The largest absolute Gasteiger partial charge is 0.292 e. The van der Waals surface area contributed by atoms with Gasteiger partial charge >= 0.3 is 0 Å². The second-order valence-corrected chi connectivity index (χ2v) is 7.96. The molecule has 0 spiro atoms. The van der Waals surface area contributed by atoms with Gasteiger partial charge in [0, 0.05) is 22.8 Å². The van der Waals surface area contributed by atoms with Crippen molar-refractivity contribution in [1.82, 2.24) is 0 Å². The molecule has 0 aromatic heterocycles. The highest BCUT2D eigenvalue weighted by atomic mass is 35.5. The van der Waals surface area contributed by atoms with Crippen molar-refractivity contribution in [2.75, 3.05) is 5.06 Å². The number of Topliss-reactive ketones (excluding diaryl/α,β-unsaturated/α-hetero) is 1. The molecular formula is C21H20ClNO2. The summed E-state index contributed by atoms with van der Waals surface area (Å²) in [5, 5.41) is 2.04. The number of nitrogens with zero attached hydrogens (tertiary/aromatic N) is 1. The number of alkyl halides is 1. The van der Waals surface area contributed by atoms with Crippen molar-refractivity contribution >= 4 is 23.1 Å². The van der Waals surface area contributed by atoms with E-state index in [2.05, 4.69) is 0 Å². The van der Waals surface area contributed by atoms with Crippen LogP contribution in [0, 0.1) is 17.8 Å². The van der Waals surface area contributed by atoms with Crippen LogP contribution in [0.3, 0.4) is 0 Å². The van der Waals surface area contributed by atoms with Gasteiger partial charge in [-0.15, -0.1) is 11.6 Å². The van der Waals surface area contributed by atoms with Gasteiger partial charge in [0.25, 0.3) is 0 Å². The normalized spacial score (nSPS) is 35.8. The number of rotatable bonds is 3. The number of anilines is 1. The van der Waals surface area contributed by atoms with E-state index < -0.39 is 0 Å². The summed E-state index contributed by atoms with van der Waals surface area (Å²) in [6, 6.07) is 19.3. The number of carbonyl (C=O) groups excluding carboxylic acids is 1. The Kier molecular flexibility index (Phi) is 3.61. The molecule has 1 aliphatic heterocycles. The van der Waals surface area contributed by atoms with Crippen molar-refractivity contribution < 1.29 is 9.63 Å². The molecule has 128 valence electrons. The predicted octanol–water partition coefficient (Wildman–Crippen LogP) is 4.32. The molecule has 0 N–H and O–H groups in total. The number of hydroxylamine groups is 1. The molecule has 4 heteroatoms. The van der Waals surface area contributed by atoms with E-state index in [1.54, 1.807) is 0 Å². The highest BCUT2D eigenvalue weighted by Crippen LogP contribution is 2.57. The number of halogens is 1. The lowest BCUT2D eigenvalue weighted by molar-refractivity contribution is 0.0371. The number of hydrogen-bond acceptors (Lipinski definition) is 3. The third kappa shape index (κ3) is 2.33. The third-order valence-electron chi connectivity index (χ3n) is 6.10. The van der Waals surface area contributed by atoms with Gasteiger partial charge in [-0.1, -0.05) is 48.5 Å². The van der Waals surface area contributed by atoms with Crippen LogP contribution >= 0.6 is 11.6 Å². The van der Waals surface area contributed by atoms with E-state index in [-0.39, 0.29) is 29.2 Å². The maximum absolute atomic E-state index is 13.4. The molecular weight excluding hydrogens is 334 g/mol. The number of benzene rings is 2. The molecule has 5 rings (SSSR count). The minimum Gasteiger partial charge on any atom is -0.292 e. The average molecular weight is 354 g/mol. The quantitative estimate of drug-likeness (QED) is 0.608. The average Bonchev–Trinajstić information content (AvgIpc) is 3.32. The Morgan fingerprint density at radius 1 is 1.00 bits per heavy atom. The Balaban J connectivity index is 1.56. The number of carbonyl (C=O) groups is 1. The summed E-state index contributed by atoms with van der Waals surface area (Å²) in [6.45, 7) is 0. The molecule has 1 heterocycles. The predicted molar refractivity (Wildman–Crippen MR) is 97.7 cm³/mol. The zero-order valence-electron chi connectivity index (χ0n) is 13.8. The van der Waals surface area contributed by atoms with Crippen molar-refractivity contribution in [2.24, 2.45) is 17.8 Å². The van der Waals surface area contributed by atoms with Crippen molar-refractivity contribution in [3.8, 4) is 0 Å². The van der Waals surface area contributed by atoms with Crippen LogP contribution in [0.1, 0.15) is 23.2 Å². The number of para-hydroxylation sites is 1. The Morgan fingerprint density at radius 2 is 1.68 bits per heavy atom. The fraction of sp³-hybridized carbons (Fsp3) is 0.381. The lowest BCUT2D eigenvalue weighted by atomic mass is 9.79. The molecule has 6 atom stereocenters. The molecule has 3 fully saturated rings. The monoisotopic (exact) mass is 353 g/mol. The summed E-state index contributed by atoms with van der Waals surface area (Å²) in [5.41, 5.74) is 1.69. The molecule has 2 saturated carbocycles. The zero-order valence-corrected chi connectivity index (χ0v) is 14.5. The smallest absolute Gasteiger partial charge is 0.188 e. The fourth-order valence-corrected chi connectivity index (χ4v) is 5.53. The molecule has 3 nitrogen and oxygen atoms in total. The van der Waals surface area contributed by atoms with Gasteiger partial charge in [0.1, 0.15) is 6.04 Å². The number of hydrogen-bond donors (Lipinski definition) is 0. The maximum atomic E-state index is 13.4. The van der Waals surface area contributed by atoms with Gasteiger partial charge in [-0.25, -0.2) is 5.06 Å². The van der Waals surface area contributed by atoms with E-state index >= 15 is 0 Å². The van der Waals surface area contributed by atoms with E-state index in [9.17, 15) is 4.79 Å². The van der Waals surface area contributed by atoms with E-state index in [4.69, 9.17) is 16.4 Å². The molecule has 3 aliphatic rings. The molecule has 2 aromatic carbocycles. The Bertz CT molecular complexity index is 781.